The Kier molecular flexibility index (Phi) is 5.86. The molecule has 1 saturated heterocycles. The molecule has 2 aromatic carbocycles. The number of amides is 1. The van der Waals surface area contributed by atoms with E-state index in [0.717, 1.165) is 24.2 Å². The number of carbonyl (C=O) groups excluding carboxylic acids is 1. The minimum atomic E-state index is -0.00900. The third-order valence-electron chi connectivity index (χ3n) is 4.13. The number of hydrogen-bond acceptors (Lipinski definition) is 3. The standard InChI is InChI=1S/C19H21ClN2O2/c20-17-8-4-7-16(11-17)18-12-21-9-10-22(18)19(23)14-24-13-15-5-2-1-3-6-15/h1-8,11,18,21H,9-10,12-14H2. The summed E-state index contributed by atoms with van der Waals surface area (Å²) < 4.78 is 5.60. The smallest absolute Gasteiger partial charge is 0.249 e. The number of nitrogens with one attached hydrogen (secondary N) is 1. The normalized spacial score (nSPS) is 17.7. The zero-order valence-corrected chi connectivity index (χ0v) is 14.2. The number of hydrogen-bond donors (Lipinski definition) is 1. The van der Waals surface area contributed by atoms with Crippen molar-refractivity contribution in [3.8, 4) is 0 Å². The largest absolute Gasteiger partial charge is 0.367 e. The van der Waals surface area contributed by atoms with Gasteiger partial charge >= 0.3 is 0 Å². The molecule has 1 atom stereocenters. The highest BCUT2D eigenvalue weighted by Crippen LogP contribution is 2.24. The van der Waals surface area contributed by atoms with Crippen LogP contribution in [0.4, 0.5) is 0 Å². The lowest BCUT2D eigenvalue weighted by atomic mass is 10.0. The van der Waals surface area contributed by atoms with Crippen LogP contribution in [0.2, 0.25) is 5.02 Å². The third-order valence-corrected chi connectivity index (χ3v) is 4.37. The number of halogens is 1. The molecule has 1 unspecified atom stereocenters. The molecule has 126 valence electrons. The maximum atomic E-state index is 12.6. The molecule has 0 aliphatic carbocycles. The van der Waals surface area contributed by atoms with E-state index in [2.05, 4.69) is 5.32 Å². The van der Waals surface area contributed by atoms with E-state index in [0.29, 0.717) is 18.2 Å². The van der Waals surface area contributed by atoms with Crippen LogP contribution in [0.5, 0.6) is 0 Å². The van der Waals surface area contributed by atoms with Gasteiger partial charge in [-0.2, -0.15) is 0 Å². The first kappa shape index (κ1) is 17.0. The molecular weight excluding hydrogens is 324 g/mol. The quantitative estimate of drug-likeness (QED) is 0.906. The van der Waals surface area contributed by atoms with Crippen LogP contribution in [0.15, 0.2) is 54.6 Å². The highest BCUT2D eigenvalue weighted by atomic mass is 35.5. The molecule has 1 amide bonds. The van der Waals surface area contributed by atoms with E-state index in [1.165, 1.54) is 0 Å². The van der Waals surface area contributed by atoms with Crippen molar-refractivity contribution in [3.05, 3.63) is 70.7 Å². The van der Waals surface area contributed by atoms with Crippen LogP contribution >= 0.6 is 11.6 Å². The molecule has 4 nitrogen and oxygen atoms in total. The second kappa shape index (κ2) is 8.29. The Bertz CT molecular complexity index is 678. The number of ether oxygens (including phenoxy) is 1. The summed E-state index contributed by atoms with van der Waals surface area (Å²) in [7, 11) is 0. The molecule has 1 aliphatic rings. The number of carbonyl (C=O) groups is 1. The lowest BCUT2D eigenvalue weighted by Crippen LogP contribution is -2.49. The van der Waals surface area contributed by atoms with Gasteiger partial charge in [0, 0.05) is 24.7 Å². The van der Waals surface area contributed by atoms with E-state index in [9.17, 15) is 4.79 Å². The predicted octanol–water partition coefficient (Wildman–Crippen LogP) is 3.03. The van der Waals surface area contributed by atoms with Crippen molar-refractivity contribution in [2.75, 3.05) is 26.2 Å². The van der Waals surface area contributed by atoms with Gasteiger partial charge in [0.15, 0.2) is 0 Å². The second-order valence-corrected chi connectivity index (χ2v) is 6.28. The van der Waals surface area contributed by atoms with E-state index in [4.69, 9.17) is 16.3 Å². The van der Waals surface area contributed by atoms with E-state index in [1.54, 1.807) is 0 Å². The van der Waals surface area contributed by atoms with E-state index >= 15 is 0 Å². The van der Waals surface area contributed by atoms with E-state index < -0.39 is 0 Å². The van der Waals surface area contributed by atoms with Gasteiger partial charge in [-0.1, -0.05) is 54.1 Å². The molecule has 1 aliphatic heterocycles. The van der Waals surface area contributed by atoms with Crippen molar-refractivity contribution in [3.63, 3.8) is 0 Å². The van der Waals surface area contributed by atoms with Crippen molar-refractivity contribution in [1.82, 2.24) is 10.2 Å². The second-order valence-electron chi connectivity index (χ2n) is 5.84. The molecule has 2 aromatic rings. The first-order valence-corrected chi connectivity index (χ1v) is 8.49. The van der Waals surface area contributed by atoms with Gasteiger partial charge in [-0.3, -0.25) is 4.79 Å². The van der Waals surface area contributed by atoms with Crippen molar-refractivity contribution >= 4 is 17.5 Å². The van der Waals surface area contributed by atoms with Gasteiger partial charge < -0.3 is 15.0 Å². The van der Waals surface area contributed by atoms with E-state index in [1.807, 2.05) is 59.5 Å². The molecule has 0 radical (unpaired) electrons. The molecule has 0 saturated carbocycles. The molecule has 5 heteroatoms. The summed E-state index contributed by atoms with van der Waals surface area (Å²) in [6.45, 7) is 2.73. The average Bonchev–Trinajstić information content (AvgIpc) is 2.62. The number of benzene rings is 2. The summed E-state index contributed by atoms with van der Waals surface area (Å²) in [6, 6.07) is 17.6. The minimum absolute atomic E-state index is 0.00900. The van der Waals surface area contributed by atoms with Crippen LogP contribution < -0.4 is 5.32 Å². The van der Waals surface area contributed by atoms with Gasteiger partial charge in [0.05, 0.1) is 12.6 Å². The number of piperazine rings is 1. The van der Waals surface area contributed by atoms with Crippen LogP contribution in [-0.4, -0.2) is 37.0 Å². The Morgan fingerprint density at radius 1 is 1.21 bits per heavy atom. The minimum Gasteiger partial charge on any atom is -0.367 e. The monoisotopic (exact) mass is 344 g/mol. The molecule has 3 rings (SSSR count). The van der Waals surface area contributed by atoms with Gasteiger partial charge in [-0.25, -0.2) is 0 Å². The van der Waals surface area contributed by atoms with Gasteiger partial charge in [-0.05, 0) is 23.3 Å². The summed E-state index contributed by atoms with van der Waals surface area (Å²) in [4.78, 5) is 14.5. The van der Waals surface area contributed by atoms with Crippen molar-refractivity contribution in [2.24, 2.45) is 0 Å². The maximum Gasteiger partial charge on any atom is 0.249 e. The van der Waals surface area contributed by atoms with Crippen LogP contribution in [0, 0.1) is 0 Å². The Labute approximate surface area is 147 Å². The SMILES string of the molecule is O=C(COCc1ccccc1)N1CCNCC1c1cccc(Cl)c1. The van der Waals surface area contributed by atoms with Crippen LogP contribution in [0.3, 0.4) is 0 Å². The van der Waals surface area contributed by atoms with Crippen molar-refractivity contribution in [1.29, 1.82) is 0 Å². The molecule has 0 bridgehead atoms. The van der Waals surface area contributed by atoms with Gasteiger partial charge in [0.1, 0.15) is 6.61 Å². The van der Waals surface area contributed by atoms with E-state index in [-0.39, 0.29) is 18.6 Å². The van der Waals surface area contributed by atoms with Gasteiger partial charge in [0.2, 0.25) is 5.91 Å². The summed E-state index contributed by atoms with van der Waals surface area (Å²) in [5, 5.41) is 4.03. The topological polar surface area (TPSA) is 41.6 Å². The number of nitrogens with zero attached hydrogens (tertiary/aromatic N) is 1. The first-order valence-electron chi connectivity index (χ1n) is 8.11. The van der Waals surface area contributed by atoms with Gasteiger partial charge in [0.25, 0.3) is 0 Å². The fourth-order valence-corrected chi connectivity index (χ4v) is 3.13. The molecule has 1 N–H and O–H groups in total. The highest BCUT2D eigenvalue weighted by Gasteiger charge is 2.27. The third kappa shape index (κ3) is 4.35. The zero-order valence-electron chi connectivity index (χ0n) is 13.5. The molecule has 24 heavy (non-hydrogen) atoms. The summed E-state index contributed by atoms with van der Waals surface area (Å²) >= 11 is 6.09. The fraction of sp³-hybridized carbons (Fsp3) is 0.316. The molecule has 0 spiro atoms. The predicted molar refractivity (Wildman–Crippen MR) is 94.9 cm³/mol. The summed E-state index contributed by atoms with van der Waals surface area (Å²) in [5.74, 6) is 0.0115. The lowest BCUT2D eigenvalue weighted by molar-refractivity contribution is -0.140. The molecular formula is C19H21ClN2O2. The van der Waals surface area contributed by atoms with Gasteiger partial charge in [-0.15, -0.1) is 0 Å². The Balaban J connectivity index is 1.61. The van der Waals surface area contributed by atoms with Crippen LogP contribution in [0.1, 0.15) is 17.2 Å². The summed E-state index contributed by atoms with van der Waals surface area (Å²) in [6.07, 6.45) is 0. The fourth-order valence-electron chi connectivity index (χ4n) is 2.93. The van der Waals surface area contributed by atoms with Crippen molar-refractivity contribution in [2.45, 2.75) is 12.6 Å². The Morgan fingerprint density at radius 3 is 2.83 bits per heavy atom. The Hall–Kier alpha value is -1.88. The summed E-state index contributed by atoms with van der Waals surface area (Å²) in [5.41, 5.74) is 2.11. The number of rotatable bonds is 5. The first-order chi connectivity index (χ1) is 11.7. The molecule has 0 aromatic heterocycles. The average molecular weight is 345 g/mol. The molecule has 1 heterocycles. The highest BCUT2D eigenvalue weighted by molar-refractivity contribution is 6.30. The zero-order chi connectivity index (χ0) is 16.8. The van der Waals surface area contributed by atoms with Crippen LogP contribution in [0.25, 0.3) is 0 Å². The Morgan fingerprint density at radius 2 is 2.04 bits per heavy atom. The maximum absolute atomic E-state index is 12.6. The van der Waals surface area contributed by atoms with Crippen LogP contribution in [-0.2, 0) is 16.1 Å². The van der Waals surface area contributed by atoms with Crippen molar-refractivity contribution < 1.29 is 9.53 Å². The lowest BCUT2D eigenvalue weighted by Gasteiger charge is -2.36. The molecule has 1 fully saturated rings.